The average Bonchev–Trinajstić information content (AvgIpc) is 2.65. The van der Waals surface area contributed by atoms with Crippen molar-refractivity contribution in [3.05, 3.63) is 35.4 Å². The van der Waals surface area contributed by atoms with Crippen molar-refractivity contribution in [3.63, 3.8) is 0 Å². The zero-order valence-electron chi connectivity index (χ0n) is 13.8. The fourth-order valence-corrected chi connectivity index (χ4v) is 2.71. The molecule has 0 spiro atoms. The third-order valence-electron chi connectivity index (χ3n) is 4.19. The molecule has 7 heteroatoms. The van der Waals surface area contributed by atoms with Crippen LogP contribution >= 0.6 is 0 Å². The van der Waals surface area contributed by atoms with Gasteiger partial charge in [-0.3, -0.25) is 14.5 Å². The minimum absolute atomic E-state index is 0.0829. The molecule has 0 saturated carbocycles. The van der Waals surface area contributed by atoms with Gasteiger partial charge in [-0.15, -0.1) is 0 Å². The van der Waals surface area contributed by atoms with Crippen LogP contribution in [0.5, 0.6) is 0 Å². The molecule has 1 heterocycles. The lowest BCUT2D eigenvalue weighted by molar-refractivity contribution is -0.109. The van der Waals surface area contributed by atoms with E-state index in [0.717, 1.165) is 6.29 Å². The van der Waals surface area contributed by atoms with Gasteiger partial charge in [-0.2, -0.15) is 0 Å². The Morgan fingerprint density at radius 1 is 1.17 bits per heavy atom. The summed E-state index contributed by atoms with van der Waals surface area (Å²) in [6, 6.07) is 6.56. The summed E-state index contributed by atoms with van der Waals surface area (Å²) in [6.07, 6.45) is 0.904. The summed E-state index contributed by atoms with van der Waals surface area (Å²) in [7, 11) is 1.56. The minimum Gasteiger partial charge on any atom is -0.378 e. The van der Waals surface area contributed by atoms with E-state index in [1.807, 2.05) is 4.90 Å². The van der Waals surface area contributed by atoms with E-state index in [2.05, 4.69) is 5.32 Å². The van der Waals surface area contributed by atoms with Crippen molar-refractivity contribution in [3.8, 4) is 0 Å². The summed E-state index contributed by atoms with van der Waals surface area (Å²) in [5.41, 5.74) is 1.05. The van der Waals surface area contributed by atoms with Crippen LogP contribution in [0.15, 0.2) is 24.3 Å². The lowest BCUT2D eigenvalue weighted by atomic mass is 10.1. The first-order valence-electron chi connectivity index (χ1n) is 8.04. The minimum atomic E-state index is -0.640. The molecule has 7 nitrogen and oxygen atoms in total. The summed E-state index contributed by atoms with van der Waals surface area (Å²) in [5, 5.41) is 12.5. The Labute approximate surface area is 141 Å². The normalized spacial score (nSPS) is 16.5. The average molecular weight is 333 g/mol. The number of rotatable bonds is 6. The van der Waals surface area contributed by atoms with Crippen LogP contribution in [0.25, 0.3) is 0 Å². The van der Waals surface area contributed by atoms with Gasteiger partial charge in [0.1, 0.15) is 12.5 Å². The fraction of sp³-hybridized carbons (Fsp3) is 0.471. The molecule has 1 saturated heterocycles. The number of benzene rings is 1. The van der Waals surface area contributed by atoms with Crippen molar-refractivity contribution in [1.82, 2.24) is 15.1 Å². The van der Waals surface area contributed by atoms with Gasteiger partial charge in [-0.1, -0.05) is 0 Å². The predicted molar refractivity (Wildman–Crippen MR) is 88.6 cm³/mol. The molecule has 0 radical (unpaired) electrons. The van der Waals surface area contributed by atoms with E-state index < -0.39 is 6.23 Å². The highest BCUT2D eigenvalue weighted by Gasteiger charge is 2.25. The number of amides is 2. The van der Waals surface area contributed by atoms with Crippen LogP contribution in [-0.4, -0.2) is 72.5 Å². The van der Waals surface area contributed by atoms with Crippen LogP contribution < -0.4 is 5.32 Å². The number of nitrogens with one attached hydrogen (secondary N) is 1. The Bertz CT molecular complexity index is 580. The highest BCUT2D eigenvalue weighted by molar-refractivity contribution is 5.97. The fourth-order valence-electron chi connectivity index (χ4n) is 2.71. The monoisotopic (exact) mass is 333 g/mol. The Morgan fingerprint density at radius 3 is 2.29 bits per heavy atom. The van der Waals surface area contributed by atoms with E-state index in [9.17, 15) is 19.5 Å². The molecule has 1 atom stereocenters. The Morgan fingerprint density at radius 2 is 1.75 bits per heavy atom. The SMILES string of the molecule is CNC(=O)c1ccc(C(=O)N2CCN(C(O)CCC=O)CC2)cc1. The van der Waals surface area contributed by atoms with Crippen LogP contribution in [0.3, 0.4) is 0 Å². The highest BCUT2D eigenvalue weighted by Crippen LogP contribution is 2.13. The van der Waals surface area contributed by atoms with Crippen LogP contribution in [0.2, 0.25) is 0 Å². The van der Waals surface area contributed by atoms with Crippen molar-refractivity contribution in [2.75, 3.05) is 33.2 Å². The van der Waals surface area contributed by atoms with Gasteiger partial charge in [0, 0.05) is 50.8 Å². The molecular weight excluding hydrogens is 310 g/mol. The van der Waals surface area contributed by atoms with Gasteiger partial charge in [0.2, 0.25) is 0 Å². The summed E-state index contributed by atoms with van der Waals surface area (Å²) >= 11 is 0. The third-order valence-corrected chi connectivity index (χ3v) is 4.19. The number of hydrogen-bond acceptors (Lipinski definition) is 5. The molecule has 2 amide bonds. The van der Waals surface area contributed by atoms with Gasteiger partial charge in [0.05, 0.1) is 0 Å². The van der Waals surface area contributed by atoms with Crippen molar-refractivity contribution >= 4 is 18.1 Å². The molecule has 0 bridgehead atoms. The predicted octanol–water partition coefficient (Wildman–Crippen LogP) is 0.101. The quantitative estimate of drug-likeness (QED) is 0.721. The number of nitrogens with zero attached hydrogens (tertiary/aromatic N) is 2. The van der Waals surface area contributed by atoms with Gasteiger partial charge in [0.15, 0.2) is 0 Å². The maximum Gasteiger partial charge on any atom is 0.253 e. The first-order chi connectivity index (χ1) is 11.6. The van der Waals surface area contributed by atoms with Crippen molar-refractivity contribution in [1.29, 1.82) is 0 Å². The van der Waals surface area contributed by atoms with Gasteiger partial charge in [0.25, 0.3) is 11.8 Å². The van der Waals surface area contributed by atoms with Gasteiger partial charge in [-0.25, -0.2) is 0 Å². The van der Waals surface area contributed by atoms with Crippen molar-refractivity contribution in [2.24, 2.45) is 0 Å². The first-order valence-corrected chi connectivity index (χ1v) is 8.04. The van der Waals surface area contributed by atoms with E-state index in [1.165, 1.54) is 0 Å². The van der Waals surface area contributed by atoms with E-state index in [-0.39, 0.29) is 11.8 Å². The summed E-state index contributed by atoms with van der Waals surface area (Å²) in [4.78, 5) is 38.0. The number of aliphatic hydroxyl groups is 1. The van der Waals surface area contributed by atoms with Gasteiger partial charge in [-0.05, 0) is 30.7 Å². The van der Waals surface area contributed by atoms with Crippen LogP contribution in [0, 0.1) is 0 Å². The molecule has 0 aliphatic carbocycles. The maximum atomic E-state index is 12.5. The molecular formula is C17H23N3O4. The first kappa shape index (κ1) is 18.1. The zero-order valence-corrected chi connectivity index (χ0v) is 13.8. The van der Waals surface area contributed by atoms with Crippen molar-refractivity contribution < 1.29 is 19.5 Å². The molecule has 1 aromatic carbocycles. The zero-order chi connectivity index (χ0) is 17.5. The third kappa shape index (κ3) is 4.39. The molecule has 1 unspecified atom stereocenters. The van der Waals surface area contributed by atoms with Gasteiger partial charge < -0.3 is 20.1 Å². The smallest absolute Gasteiger partial charge is 0.253 e. The number of carbonyl (C=O) groups is 3. The number of aldehydes is 1. The molecule has 1 aliphatic heterocycles. The molecule has 1 aromatic rings. The lowest BCUT2D eigenvalue weighted by Gasteiger charge is -2.37. The summed E-state index contributed by atoms with van der Waals surface area (Å²) in [6.45, 7) is 2.19. The molecule has 2 rings (SSSR count). The standard InChI is InChI=1S/C17H23N3O4/c1-18-16(23)13-4-6-14(7-5-13)17(24)20-10-8-19(9-11-20)15(22)3-2-12-21/h4-7,12,15,22H,2-3,8-11H2,1H3,(H,18,23). The van der Waals surface area contributed by atoms with Crippen LogP contribution in [0.1, 0.15) is 33.6 Å². The maximum absolute atomic E-state index is 12.5. The number of carbonyl (C=O) groups excluding carboxylic acids is 3. The van der Waals surface area contributed by atoms with E-state index in [0.29, 0.717) is 50.1 Å². The lowest BCUT2D eigenvalue weighted by Crippen LogP contribution is -2.52. The van der Waals surface area contributed by atoms with Crippen LogP contribution in [0.4, 0.5) is 0 Å². The van der Waals surface area contributed by atoms with E-state index >= 15 is 0 Å². The second-order valence-electron chi connectivity index (χ2n) is 5.71. The second kappa shape index (κ2) is 8.56. The Balaban J connectivity index is 1.90. The van der Waals surface area contributed by atoms with Crippen LogP contribution in [-0.2, 0) is 4.79 Å². The molecule has 130 valence electrons. The molecule has 2 N–H and O–H groups in total. The number of hydrogen-bond donors (Lipinski definition) is 2. The highest BCUT2D eigenvalue weighted by atomic mass is 16.3. The summed E-state index contributed by atoms with van der Waals surface area (Å²) < 4.78 is 0. The Hall–Kier alpha value is -2.25. The van der Waals surface area contributed by atoms with Crippen molar-refractivity contribution in [2.45, 2.75) is 19.1 Å². The van der Waals surface area contributed by atoms with Gasteiger partial charge >= 0.3 is 0 Å². The topological polar surface area (TPSA) is 90.0 Å². The van der Waals surface area contributed by atoms with E-state index in [1.54, 1.807) is 36.2 Å². The summed E-state index contributed by atoms with van der Waals surface area (Å²) in [5.74, 6) is -0.271. The Kier molecular flexibility index (Phi) is 6.45. The number of piperazine rings is 1. The number of aliphatic hydroxyl groups excluding tert-OH is 1. The molecule has 24 heavy (non-hydrogen) atoms. The molecule has 0 aromatic heterocycles. The largest absolute Gasteiger partial charge is 0.378 e. The molecule has 1 fully saturated rings. The molecule has 1 aliphatic rings. The second-order valence-corrected chi connectivity index (χ2v) is 5.71. The van der Waals surface area contributed by atoms with E-state index in [4.69, 9.17) is 0 Å².